The number of aromatic nitrogens is 3. The van der Waals surface area contributed by atoms with Crippen LogP contribution in [0.1, 0.15) is 43.0 Å². The van der Waals surface area contributed by atoms with E-state index in [1.807, 2.05) is 0 Å². The molecule has 8 nitrogen and oxygen atoms in total. The normalized spacial score (nSPS) is 16.5. The molecule has 0 aliphatic carbocycles. The van der Waals surface area contributed by atoms with Gasteiger partial charge in [0.1, 0.15) is 17.3 Å². The lowest BCUT2D eigenvalue weighted by Crippen LogP contribution is -2.29. The number of Topliss-reactive ketones (excluding diaryl/α,β-unsaturated/α-hetero) is 1. The van der Waals surface area contributed by atoms with Crippen molar-refractivity contribution in [3.8, 4) is 5.75 Å². The summed E-state index contributed by atoms with van der Waals surface area (Å²) >= 11 is 2.39. The molecule has 0 spiro atoms. The monoisotopic (exact) mass is 590 g/mol. The lowest BCUT2D eigenvalue weighted by Gasteiger charge is -2.23. The second-order valence-corrected chi connectivity index (χ2v) is 11.9. The van der Waals surface area contributed by atoms with Crippen molar-refractivity contribution in [2.45, 2.75) is 36.4 Å². The highest BCUT2D eigenvalue weighted by Gasteiger charge is 2.48. The van der Waals surface area contributed by atoms with E-state index in [-0.39, 0.29) is 22.3 Å². The maximum absolute atomic E-state index is 14.1. The van der Waals surface area contributed by atoms with Crippen LogP contribution in [0.25, 0.3) is 5.76 Å². The summed E-state index contributed by atoms with van der Waals surface area (Å²) in [5.41, 5.74) is 1.36. The average Bonchev–Trinajstić information content (AvgIpc) is 3.54. The molecule has 11 heteroatoms. The number of amides is 1. The van der Waals surface area contributed by atoms with Crippen LogP contribution in [0, 0.1) is 11.7 Å². The Hall–Kier alpha value is -4.09. The minimum Gasteiger partial charge on any atom is -0.507 e. The van der Waals surface area contributed by atoms with Crippen LogP contribution in [0.3, 0.4) is 0 Å². The van der Waals surface area contributed by atoms with Crippen molar-refractivity contribution in [3.05, 3.63) is 101 Å². The van der Waals surface area contributed by atoms with E-state index in [0.29, 0.717) is 45.1 Å². The average molecular weight is 591 g/mol. The molecule has 1 fully saturated rings. The van der Waals surface area contributed by atoms with Crippen molar-refractivity contribution in [3.63, 3.8) is 0 Å². The molecule has 1 unspecified atom stereocenters. The number of hydrogen-bond acceptors (Lipinski definition) is 9. The van der Waals surface area contributed by atoms with E-state index >= 15 is 0 Å². The quantitative estimate of drug-likeness (QED) is 0.0742. The van der Waals surface area contributed by atoms with E-state index < -0.39 is 17.7 Å². The van der Waals surface area contributed by atoms with Gasteiger partial charge in [-0.1, -0.05) is 67.3 Å². The Morgan fingerprint density at radius 1 is 1.10 bits per heavy atom. The Bertz CT molecular complexity index is 1590. The molecule has 1 amide bonds. The summed E-state index contributed by atoms with van der Waals surface area (Å²) in [5.74, 6) is -0.944. The Morgan fingerprint density at radius 3 is 2.63 bits per heavy atom. The Morgan fingerprint density at radius 2 is 1.88 bits per heavy atom. The third kappa shape index (κ3) is 6.31. The fourth-order valence-electron chi connectivity index (χ4n) is 4.31. The topological polar surface area (TPSA) is 106 Å². The molecular formula is C30H27FN4O4S2. The SMILES string of the molecule is CC(C)CCOc1cccc(C2C(=C(O)c3ccncc3)C(=O)C(=O)N2c2nnc(SCc3ccccc3F)s2)c1. The first-order chi connectivity index (χ1) is 19.8. The molecule has 2 aromatic heterocycles. The number of ketones is 1. The van der Waals surface area contributed by atoms with Crippen LogP contribution in [0.4, 0.5) is 9.52 Å². The molecule has 1 saturated heterocycles. The number of pyridine rings is 1. The van der Waals surface area contributed by atoms with Gasteiger partial charge in [-0.25, -0.2) is 4.39 Å². The number of thioether (sulfide) groups is 1. The van der Waals surface area contributed by atoms with Gasteiger partial charge in [0.2, 0.25) is 5.13 Å². The van der Waals surface area contributed by atoms with Crippen molar-refractivity contribution >= 4 is 45.7 Å². The van der Waals surface area contributed by atoms with Crippen molar-refractivity contribution in [1.82, 2.24) is 15.2 Å². The van der Waals surface area contributed by atoms with Crippen LogP contribution in [0.2, 0.25) is 0 Å². The second-order valence-electron chi connectivity index (χ2n) is 9.74. The summed E-state index contributed by atoms with van der Waals surface area (Å²) in [5, 5.41) is 19.9. The van der Waals surface area contributed by atoms with Gasteiger partial charge in [0.25, 0.3) is 5.78 Å². The first-order valence-corrected chi connectivity index (χ1v) is 14.8. The van der Waals surface area contributed by atoms with Crippen molar-refractivity contribution < 1.29 is 23.8 Å². The van der Waals surface area contributed by atoms with Gasteiger partial charge in [-0.2, -0.15) is 0 Å². The summed E-state index contributed by atoms with van der Waals surface area (Å²) in [7, 11) is 0. The van der Waals surface area contributed by atoms with E-state index in [4.69, 9.17) is 4.74 Å². The molecule has 5 rings (SSSR count). The number of aliphatic hydroxyl groups is 1. The van der Waals surface area contributed by atoms with Crippen LogP contribution < -0.4 is 9.64 Å². The Kier molecular flexibility index (Phi) is 8.75. The number of halogens is 1. The highest BCUT2D eigenvalue weighted by molar-refractivity contribution is 8.00. The third-order valence-corrected chi connectivity index (χ3v) is 8.55. The Labute approximate surface area is 244 Å². The number of carbonyl (C=O) groups is 2. The fraction of sp³-hybridized carbons (Fsp3) is 0.233. The summed E-state index contributed by atoms with van der Waals surface area (Å²) in [6.45, 7) is 4.73. The van der Waals surface area contributed by atoms with Gasteiger partial charge in [-0.3, -0.25) is 19.5 Å². The van der Waals surface area contributed by atoms with Gasteiger partial charge in [0.05, 0.1) is 18.2 Å². The van der Waals surface area contributed by atoms with Crippen molar-refractivity contribution in [2.24, 2.45) is 5.92 Å². The van der Waals surface area contributed by atoms with Gasteiger partial charge in [-0.05, 0) is 53.8 Å². The smallest absolute Gasteiger partial charge is 0.301 e. The number of rotatable bonds is 10. The summed E-state index contributed by atoms with van der Waals surface area (Å²) in [6.07, 6.45) is 3.85. The van der Waals surface area contributed by atoms with Crippen molar-refractivity contribution in [1.29, 1.82) is 0 Å². The molecule has 0 saturated carbocycles. The molecule has 41 heavy (non-hydrogen) atoms. The standard InChI is InChI=1S/C30H27FN4O4S2/c1-18(2)12-15-39-22-8-5-7-20(16-22)25-24(26(36)19-10-13-32-14-11-19)27(37)28(38)35(25)29-33-34-30(41-29)40-17-21-6-3-4-9-23(21)31/h3-11,13-14,16,18,25,36H,12,15,17H2,1-2H3. The third-order valence-electron chi connectivity index (χ3n) is 6.45. The zero-order valence-electron chi connectivity index (χ0n) is 22.4. The van der Waals surface area contributed by atoms with E-state index in [1.165, 1.54) is 35.1 Å². The molecule has 2 aromatic carbocycles. The molecule has 0 radical (unpaired) electrons. The maximum atomic E-state index is 14.1. The van der Waals surface area contributed by atoms with E-state index in [9.17, 15) is 19.1 Å². The van der Waals surface area contributed by atoms with Gasteiger partial charge in [0, 0.05) is 23.7 Å². The number of aliphatic hydroxyl groups excluding tert-OH is 1. The van der Waals surface area contributed by atoms with Crippen LogP contribution in [-0.2, 0) is 15.3 Å². The zero-order chi connectivity index (χ0) is 28.9. The molecule has 3 heterocycles. The van der Waals surface area contributed by atoms with Gasteiger partial charge < -0.3 is 9.84 Å². The number of nitrogens with zero attached hydrogens (tertiary/aromatic N) is 4. The molecule has 1 N–H and O–H groups in total. The first kappa shape index (κ1) is 28.4. The number of anilines is 1. The van der Waals surface area contributed by atoms with Crippen LogP contribution in [-0.4, -0.2) is 38.6 Å². The van der Waals surface area contributed by atoms with Crippen LogP contribution >= 0.6 is 23.1 Å². The highest BCUT2D eigenvalue weighted by Crippen LogP contribution is 2.44. The predicted molar refractivity (Wildman–Crippen MR) is 156 cm³/mol. The van der Waals surface area contributed by atoms with Gasteiger partial charge in [-0.15, -0.1) is 10.2 Å². The molecule has 210 valence electrons. The second kappa shape index (κ2) is 12.6. The van der Waals surface area contributed by atoms with E-state index in [0.717, 1.165) is 17.8 Å². The minimum absolute atomic E-state index is 0.0729. The summed E-state index contributed by atoms with van der Waals surface area (Å²) in [6, 6.07) is 15.7. The number of carbonyl (C=O) groups excluding carboxylic acids is 2. The molecule has 1 aliphatic heterocycles. The fourth-order valence-corrected chi connectivity index (χ4v) is 6.16. The zero-order valence-corrected chi connectivity index (χ0v) is 24.0. The summed E-state index contributed by atoms with van der Waals surface area (Å²) in [4.78, 5) is 32.1. The largest absolute Gasteiger partial charge is 0.507 e. The molecule has 1 atom stereocenters. The molecule has 1 aliphatic rings. The maximum Gasteiger partial charge on any atom is 0.301 e. The molecule has 0 bridgehead atoms. The first-order valence-electron chi connectivity index (χ1n) is 13.0. The van der Waals surface area contributed by atoms with Gasteiger partial charge >= 0.3 is 5.91 Å². The summed E-state index contributed by atoms with van der Waals surface area (Å²) < 4.78 is 20.6. The molecular weight excluding hydrogens is 563 g/mol. The van der Waals surface area contributed by atoms with Crippen LogP contribution in [0.15, 0.2) is 83.0 Å². The molecule has 4 aromatic rings. The van der Waals surface area contributed by atoms with E-state index in [2.05, 4.69) is 29.0 Å². The van der Waals surface area contributed by atoms with Crippen LogP contribution in [0.5, 0.6) is 5.75 Å². The van der Waals surface area contributed by atoms with E-state index in [1.54, 1.807) is 54.6 Å². The van der Waals surface area contributed by atoms with Gasteiger partial charge in [0.15, 0.2) is 4.34 Å². The number of hydrogen-bond donors (Lipinski definition) is 1. The van der Waals surface area contributed by atoms with Crippen molar-refractivity contribution in [2.75, 3.05) is 11.5 Å². The lowest BCUT2D eigenvalue weighted by atomic mass is 9.95. The minimum atomic E-state index is -0.978. The predicted octanol–water partition coefficient (Wildman–Crippen LogP) is 6.42. The number of ether oxygens (including phenoxy) is 1. The lowest BCUT2D eigenvalue weighted by molar-refractivity contribution is -0.132. The Balaban J connectivity index is 1.52. The number of benzene rings is 2. The highest BCUT2D eigenvalue weighted by atomic mass is 32.2.